The van der Waals surface area contributed by atoms with Crippen molar-refractivity contribution in [2.75, 3.05) is 26.2 Å². The molecule has 14 heavy (non-hydrogen) atoms. The molecular weight excluding hydrogens is 182 g/mol. The fourth-order valence-corrected chi connectivity index (χ4v) is 2.05. The monoisotopic (exact) mass is 197 g/mol. The first-order chi connectivity index (χ1) is 6.79. The SMILES string of the molecule is O=C1CNCC(=O)N1C1CCCNC1. The zero-order chi connectivity index (χ0) is 9.97. The van der Waals surface area contributed by atoms with Crippen LogP contribution in [0.5, 0.6) is 0 Å². The van der Waals surface area contributed by atoms with Crippen molar-refractivity contribution in [3.63, 3.8) is 0 Å². The fourth-order valence-electron chi connectivity index (χ4n) is 2.05. The molecule has 0 spiro atoms. The lowest BCUT2D eigenvalue weighted by molar-refractivity contribution is -0.149. The van der Waals surface area contributed by atoms with E-state index in [-0.39, 0.29) is 17.9 Å². The van der Waals surface area contributed by atoms with Gasteiger partial charge in [-0.15, -0.1) is 0 Å². The smallest absolute Gasteiger partial charge is 0.243 e. The third kappa shape index (κ3) is 1.78. The van der Waals surface area contributed by atoms with E-state index in [4.69, 9.17) is 0 Å². The van der Waals surface area contributed by atoms with Crippen LogP contribution in [0.3, 0.4) is 0 Å². The van der Waals surface area contributed by atoms with Gasteiger partial charge in [-0.2, -0.15) is 0 Å². The molecule has 2 heterocycles. The van der Waals surface area contributed by atoms with Crippen molar-refractivity contribution >= 4 is 11.8 Å². The number of nitrogens with zero attached hydrogens (tertiary/aromatic N) is 1. The Labute approximate surface area is 82.8 Å². The summed E-state index contributed by atoms with van der Waals surface area (Å²) in [6.45, 7) is 2.33. The van der Waals surface area contributed by atoms with E-state index in [2.05, 4.69) is 10.6 Å². The van der Waals surface area contributed by atoms with Crippen molar-refractivity contribution in [3.05, 3.63) is 0 Å². The molecule has 2 aliphatic heterocycles. The molecule has 0 aliphatic carbocycles. The van der Waals surface area contributed by atoms with Crippen molar-refractivity contribution in [2.24, 2.45) is 0 Å². The van der Waals surface area contributed by atoms with Gasteiger partial charge in [0, 0.05) is 6.54 Å². The molecule has 5 heteroatoms. The van der Waals surface area contributed by atoms with Gasteiger partial charge in [0.15, 0.2) is 0 Å². The maximum atomic E-state index is 11.5. The van der Waals surface area contributed by atoms with Gasteiger partial charge in [0.25, 0.3) is 0 Å². The van der Waals surface area contributed by atoms with Crippen LogP contribution in [-0.2, 0) is 9.59 Å². The van der Waals surface area contributed by atoms with E-state index in [1.54, 1.807) is 0 Å². The largest absolute Gasteiger partial charge is 0.315 e. The second-order valence-electron chi connectivity index (χ2n) is 3.76. The first-order valence-electron chi connectivity index (χ1n) is 5.05. The molecule has 2 aliphatic rings. The lowest BCUT2D eigenvalue weighted by Gasteiger charge is -2.35. The molecule has 2 N–H and O–H groups in total. The number of piperidine rings is 1. The van der Waals surface area contributed by atoms with Crippen LogP contribution in [0.1, 0.15) is 12.8 Å². The summed E-state index contributed by atoms with van der Waals surface area (Å²) in [5.74, 6) is -0.176. The number of piperazine rings is 1. The maximum Gasteiger partial charge on any atom is 0.243 e. The summed E-state index contributed by atoms with van der Waals surface area (Å²) in [6, 6.07) is 0.0749. The normalized spacial score (nSPS) is 29.4. The highest BCUT2D eigenvalue weighted by molar-refractivity contribution is 5.99. The van der Waals surface area contributed by atoms with Crippen LogP contribution in [-0.4, -0.2) is 48.9 Å². The van der Waals surface area contributed by atoms with Crippen LogP contribution < -0.4 is 10.6 Å². The first kappa shape index (κ1) is 9.61. The van der Waals surface area contributed by atoms with Gasteiger partial charge in [0.05, 0.1) is 19.1 Å². The lowest BCUT2D eigenvalue weighted by atomic mass is 10.0. The average Bonchev–Trinajstić information content (AvgIpc) is 2.19. The molecule has 5 nitrogen and oxygen atoms in total. The summed E-state index contributed by atoms with van der Waals surface area (Å²) in [4.78, 5) is 24.5. The molecule has 0 bridgehead atoms. The molecule has 0 aromatic heterocycles. The molecule has 2 amide bonds. The number of hydrogen-bond acceptors (Lipinski definition) is 4. The Morgan fingerprint density at radius 3 is 2.43 bits per heavy atom. The summed E-state index contributed by atoms with van der Waals surface area (Å²) in [7, 11) is 0. The molecule has 0 aromatic carbocycles. The van der Waals surface area contributed by atoms with Crippen molar-refractivity contribution in [3.8, 4) is 0 Å². The number of rotatable bonds is 1. The van der Waals surface area contributed by atoms with Crippen LogP contribution >= 0.6 is 0 Å². The van der Waals surface area contributed by atoms with Crippen molar-refractivity contribution in [1.82, 2.24) is 15.5 Å². The van der Waals surface area contributed by atoms with E-state index in [1.807, 2.05) is 0 Å². The summed E-state index contributed by atoms with van der Waals surface area (Å²) < 4.78 is 0. The summed E-state index contributed by atoms with van der Waals surface area (Å²) in [5.41, 5.74) is 0. The predicted molar refractivity (Wildman–Crippen MR) is 50.6 cm³/mol. The van der Waals surface area contributed by atoms with E-state index < -0.39 is 0 Å². The predicted octanol–water partition coefficient (Wildman–Crippen LogP) is -1.30. The summed E-state index contributed by atoms with van der Waals surface area (Å²) >= 11 is 0. The minimum Gasteiger partial charge on any atom is -0.315 e. The van der Waals surface area contributed by atoms with Gasteiger partial charge >= 0.3 is 0 Å². The number of hydrogen-bond donors (Lipinski definition) is 2. The second-order valence-corrected chi connectivity index (χ2v) is 3.76. The Morgan fingerprint density at radius 2 is 1.86 bits per heavy atom. The van der Waals surface area contributed by atoms with Gasteiger partial charge in [-0.05, 0) is 19.4 Å². The van der Waals surface area contributed by atoms with Crippen molar-refractivity contribution in [1.29, 1.82) is 0 Å². The number of amides is 2. The van der Waals surface area contributed by atoms with Gasteiger partial charge in [-0.3, -0.25) is 19.8 Å². The van der Waals surface area contributed by atoms with Crippen LogP contribution in [0, 0.1) is 0 Å². The average molecular weight is 197 g/mol. The topological polar surface area (TPSA) is 61.4 Å². The molecule has 2 saturated heterocycles. The molecule has 0 saturated carbocycles. The molecule has 1 unspecified atom stereocenters. The minimum atomic E-state index is -0.0880. The standard InChI is InChI=1S/C9H15N3O2/c13-8-5-11-6-9(14)12(8)7-2-1-3-10-4-7/h7,10-11H,1-6H2. The highest BCUT2D eigenvalue weighted by Crippen LogP contribution is 2.12. The highest BCUT2D eigenvalue weighted by atomic mass is 16.2. The molecule has 2 rings (SSSR count). The fraction of sp³-hybridized carbons (Fsp3) is 0.778. The van der Waals surface area contributed by atoms with Gasteiger partial charge in [0.2, 0.25) is 11.8 Å². The van der Waals surface area contributed by atoms with E-state index >= 15 is 0 Å². The minimum absolute atomic E-state index is 0.0749. The van der Waals surface area contributed by atoms with E-state index in [9.17, 15) is 9.59 Å². The van der Waals surface area contributed by atoms with Crippen molar-refractivity contribution in [2.45, 2.75) is 18.9 Å². The third-order valence-electron chi connectivity index (χ3n) is 2.73. The van der Waals surface area contributed by atoms with E-state index in [0.29, 0.717) is 13.1 Å². The van der Waals surface area contributed by atoms with E-state index in [1.165, 1.54) is 4.90 Å². The molecular formula is C9H15N3O2. The van der Waals surface area contributed by atoms with Crippen LogP contribution in [0.25, 0.3) is 0 Å². The number of imide groups is 1. The van der Waals surface area contributed by atoms with E-state index in [0.717, 1.165) is 25.9 Å². The van der Waals surface area contributed by atoms with Gasteiger partial charge in [-0.1, -0.05) is 0 Å². The Kier molecular flexibility index (Phi) is 2.79. The zero-order valence-corrected chi connectivity index (χ0v) is 8.08. The Balaban J connectivity index is 2.05. The Morgan fingerprint density at radius 1 is 1.14 bits per heavy atom. The van der Waals surface area contributed by atoms with Gasteiger partial charge < -0.3 is 5.32 Å². The Bertz CT molecular complexity index is 232. The molecule has 2 fully saturated rings. The summed E-state index contributed by atoms with van der Waals surface area (Å²) in [6.07, 6.45) is 1.97. The molecule has 1 atom stereocenters. The maximum absolute atomic E-state index is 11.5. The van der Waals surface area contributed by atoms with Crippen LogP contribution in [0.15, 0.2) is 0 Å². The number of carbonyl (C=O) groups excluding carboxylic acids is 2. The number of carbonyl (C=O) groups is 2. The molecule has 78 valence electrons. The quantitative estimate of drug-likeness (QED) is 0.513. The third-order valence-corrected chi connectivity index (χ3v) is 2.73. The molecule has 0 radical (unpaired) electrons. The van der Waals surface area contributed by atoms with Crippen LogP contribution in [0.4, 0.5) is 0 Å². The summed E-state index contributed by atoms with van der Waals surface area (Å²) in [5, 5.41) is 6.00. The second kappa shape index (κ2) is 4.06. The molecule has 0 aromatic rings. The number of nitrogens with one attached hydrogen (secondary N) is 2. The highest BCUT2D eigenvalue weighted by Gasteiger charge is 2.32. The lowest BCUT2D eigenvalue weighted by Crippen LogP contribution is -2.59. The first-order valence-corrected chi connectivity index (χ1v) is 5.05. The van der Waals surface area contributed by atoms with Crippen molar-refractivity contribution < 1.29 is 9.59 Å². The van der Waals surface area contributed by atoms with Crippen LogP contribution in [0.2, 0.25) is 0 Å². The van der Waals surface area contributed by atoms with Gasteiger partial charge in [0.1, 0.15) is 0 Å². The van der Waals surface area contributed by atoms with Gasteiger partial charge in [-0.25, -0.2) is 0 Å². The zero-order valence-electron chi connectivity index (χ0n) is 8.08. The Hall–Kier alpha value is -0.940.